The Hall–Kier alpha value is -1.33. The minimum atomic E-state index is -0.379. The van der Waals surface area contributed by atoms with Crippen molar-refractivity contribution in [2.24, 2.45) is 0 Å². The minimum Gasteiger partial charge on any atom is -0.463 e. The van der Waals surface area contributed by atoms with Gasteiger partial charge in [0.1, 0.15) is 11.5 Å². The number of esters is 1. The summed E-state index contributed by atoms with van der Waals surface area (Å²) in [6, 6.07) is 9.51. The zero-order valence-corrected chi connectivity index (χ0v) is 13.9. The summed E-state index contributed by atoms with van der Waals surface area (Å²) in [6.45, 7) is 2.13. The third kappa shape index (κ3) is 3.84. The number of hydrogen-bond acceptors (Lipinski definition) is 3. The van der Waals surface area contributed by atoms with E-state index < -0.39 is 0 Å². The second-order valence-electron chi connectivity index (χ2n) is 3.91. The summed E-state index contributed by atoms with van der Waals surface area (Å²) in [5.41, 5.74) is 0.948. The molecule has 1 heterocycles. The number of rotatable bonds is 4. The highest BCUT2D eigenvalue weighted by atomic mass is 79.9. The van der Waals surface area contributed by atoms with Gasteiger partial charge < -0.3 is 9.15 Å². The summed E-state index contributed by atoms with van der Waals surface area (Å²) in [6.07, 6.45) is 2.94. The lowest BCUT2D eigenvalue weighted by Gasteiger charge is -2.01. The van der Waals surface area contributed by atoms with Gasteiger partial charge >= 0.3 is 5.97 Å². The Morgan fingerprint density at radius 3 is 2.80 bits per heavy atom. The molecule has 0 fully saturated rings. The maximum atomic E-state index is 11.2. The summed E-state index contributed by atoms with van der Waals surface area (Å²) in [7, 11) is 0. The molecule has 104 valence electrons. The van der Waals surface area contributed by atoms with Gasteiger partial charge in [0.15, 0.2) is 0 Å². The summed E-state index contributed by atoms with van der Waals surface area (Å²) in [4.78, 5) is 11.2. The van der Waals surface area contributed by atoms with Crippen molar-refractivity contribution in [2.45, 2.75) is 6.92 Å². The third-order valence-corrected chi connectivity index (χ3v) is 3.64. The van der Waals surface area contributed by atoms with Crippen LogP contribution >= 0.6 is 31.9 Å². The first-order chi connectivity index (χ1) is 9.60. The Bertz CT molecular complexity index is 644. The van der Waals surface area contributed by atoms with Crippen molar-refractivity contribution in [2.75, 3.05) is 6.61 Å². The Morgan fingerprint density at radius 1 is 1.30 bits per heavy atom. The van der Waals surface area contributed by atoms with Crippen LogP contribution < -0.4 is 0 Å². The van der Waals surface area contributed by atoms with E-state index in [9.17, 15) is 4.79 Å². The molecule has 0 aliphatic rings. The lowest BCUT2D eigenvalue weighted by Crippen LogP contribution is -1.98. The lowest BCUT2D eigenvalue weighted by atomic mass is 10.2. The average Bonchev–Trinajstić information content (AvgIpc) is 2.85. The van der Waals surface area contributed by atoms with E-state index in [-0.39, 0.29) is 5.97 Å². The van der Waals surface area contributed by atoms with Crippen LogP contribution in [0.4, 0.5) is 0 Å². The Morgan fingerprint density at radius 2 is 2.10 bits per heavy atom. The molecular weight excluding hydrogens is 388 g/mol. The largest absolute Gasteiger partial charge is 0.463 e. The average molecular weight is 400 g/mol. The van der Waals surface area contributed by atoms with Crippen molar-refractivity contribution < 1.29 is 13.9 Å². The van der Waals surface area contributed by atoms with Gasteiger partial charge in [-0.2, -0.15) is 0 Å². The van der Waals surface area contributed by atoms with E-state index in [1.54, 1.807) is 19.1 Å². The van der Waals surface area contributed by atoms with Gasteiger partial charge in [0.05, 0.1) is 6.61 Å². The van der Waals surface area contributed by atoms with Crippen molar-refractivity contribution in [3.63, 3.8) is 0 Å². The first kappa shape index (κ1) is 15.1. The Labute approximate surface area is 133 Å². The van der Waals surface area contributed by atoms with Gasteiger partial charge in [0.2, 0.25) is 0 Å². The fraction of sp³-hybridized carbons (Fsp3) is 0.133. The predicted octanol–water partition coefficient (Wildman–Crippen LogP) is 5.05. The topological polar surface area (TPSA) is 39.4 Å². The highest BCUT2D eigenvalue weighted by Crippen LogP contribution is 2.32. The number of carbonyl (C=O) groups excluding carboxylic acids is 1. The van der Waals surface area contributed by atoms with Crippen molar-refractivity contribution in [3.05, 3.63) is 51.1 Å². The van der Waals surface area contributed by atoms with Crippen molar-refractivity contribution in [1.82, 2.24) is 0 Å². The summed E-state index contributed by atoms with van der Waals surface area (Å²) in [5.74, 6) is 0.950. The number of halogens is 2. The molecule has 20 heavy (non-hydrogen) atoms. The van der Waals surface area contributed by atoms with E-state index in [0.29, 0.717) is 12.4 Å². The molecule has 3 nitrogen and oxygen atoms in total. The SMILES string of the molecule is CCOC(=O)/C=C/c1ccc(-c2ccc(Br)cc2Br)o1. The van der Waals surface area contributed by atoms with Gasteiger partial charge in [-0.15, -0.1) is 0 Å². The summed E-state index contributed by atoms with van der Waals surface area (Å²) in [5, 5.41) is 0. The Kier molecular flexibility index (Phi) is 5.20. The molecule has 5 heteroatoms. The van der Waals surface area contributed by atoms with Crippen molar-refractivity contribution in [1.29, 1.82) is 0 Å². The summed E-state index contributed by atoms with van der Waals surface area (Å²) >= 11 is 6.90. The zero-order valence-electron chi connectivity index (χ0n) is 10.7. The molecule has 1 aromatic heterocycles. The lowest BCUT2D eigenvalue weighted by molar-refractivity contribution is -0.137. The third-order valence-electron chi connectivity index (χ3n) is 2.49. The van der Waals surface area contributed by atoms with E-state index in [2.05, 4.69) is 31.9 Å². The van der Waals surface area contributed by atoms with Crippen LogP contribution in [0.1, 0.15) is 12.7 Å². The first-order valence-corrected chi connectivity index (χ1v) is 7.59. The monoisotopic (exact) mass is 398 g/mol. The Balaban J connectivity index is 2.18. The number of carbonyl (C=O) groups is 1. The maximum Gasteiger partial charge on any atom is 0.330 e. The number of ether oxygens (including phenoxy) is 1. The van der Waals surface area contributed by atoms with Crippen LogP contribution in [0.3, 0.4) is 0 Å². The van der Waals surface area contributed by atoms with Crippen molar-refractivity contribution in [3.8, 4) is 11.3 Å². The fourth-order valence-electron chi connectivity index (χ4n) is 1.62. The highest BCUT2D eigenvalue weighted by molar-refractivity contribution is 9.11. The van der Waals surface area contributed by atoms with Crippen LogP contribution in [0, 0.1) is 0 Å². The van der Waals surface area contributed by atoms with Crippen LogP contribution in [-0.2, 0) is 9.53 Å². The van der Waals surface area contributed by atoms with E-state index in [1.807, 2.05) is 24.3 Å². The molecule has 0 unspecified atom stereocenters. The van der Waals surface area contributed by atoms with Crippen LogP contribution in [0.25, 0.3) is 17.4 Å². The van der Waals surface area contributed by atoms with Gasteiger partial charge in [0, 0.05) is 20.6 Å². The molecule has 0 radical (unpaired) electrons. The molecule has 0 aliphatic carbocycles. The van der Waals surface area contributed by atoms with Crippen molar-refractivity contribution >= 4 is 43.9 Å². The standard InChI is InChI=1S/C15H12Br2O3/c1-2-19-15(18)8-5-11-4-7-14(20-11)12-6-3-10(16)9-13(12)17/h3-9H,2H2,1H3/b8-5+. The molecule has 2 aromatic rings. The molecule has 0 bridgehead atoms. The molecule has 0 amide bonds. The van der Waals surface area contributed by atoms with Crippen LogP contribution in [0.2, 0.25) is 0 Å². The van der Waals surface area contributed by atoms with E-state index in [0.717, 1.165) is 20.3 Å². The zero-order chi connectivity index (χ0) is 14.5. The van der Waals surface area contributed by atoms with E-state index in [4.69, 9.17) is 9.15 Å². The summed E-state index contributed by atoms with van der Waals surface area (Å²) < 4.78 is 12.4. The molecule has 0 saturated carbocycles. The molecule has 0 atom stereocenters. The molecule has 2 rings (SSSR count). The normalized spacial score (nSPS) is 10.9. The quantitative estimate of drug-likeness (QED) is 0.533. The van der Waals surface area contributed by atoms with Gasteiger partial charge in [-0.3, -0.25) is 0 Å². The van der Waals surface area contributed by atoms with Crippen LogP contribution in [0.15, 0.2) is 49.8 Å². The smallest absolute Gasteiger partial charge is 0.330 e. The van der Waals surface area contributed by atoms with Crippen LogP contribution in [0.5, 0.6) is 0 Å². The van der Waals surface area contributed by atoms with Crippen LogP contribution in [-0.4, -0.2) is 12.6 Å². The molecule has 0 saturated heterocycles. The second kappa shape index (κ2) is 6.90. The van der Waals surface area contributed by atoms with E-state index >= 15 is 0 Å². The van der Waals surface area contributed by atoms with Gasteiger partial charge in [-0.25, -0.2) is 4.79 Å². The van der Waals surface area contributed by atoms with E-state index in [1.165, 1.54) is 6.08 Å². The fourth-order valence-corrected chi connectivity index (χ4v) is 2.86. The number of benzene rings is 1. The minimum absolute atomic E-state index is 0.360. The van der Waals surface area contributed by atoms with Gasteiger partial charge in [-0.05, 0) is 59.3 Å². The highest BCUT2D eigenvalue weighted by Gasteiger charge is 2.08. The number of furan rings is 1. The van der Waals surface area contributed by atoms with Gasteiger partial charge in [-0.1, -0.05) is 15.9 Å². The molecule has 0 N–H and O–H groups in total. The second-order valence-corrected chi connectivity index (χ2v) is 5.68. The predicted molar refractivity (Wildman–Crippen MR) is 85.2 cm³/mol. The molecule has 1 aromatic carbocycles. The van der Waals surface area contributed by atoms with Gasteiger partial charge in [0.25, 0.3) is 0 Å². The first-order valence-electron chi connectivity index (χ1n) is 6.00. The molecular formula is C15H12Br2O3. The molecule has 0 aliphatic heterocycles. The number of hydrogen-bond donors (Lipinski definition) is 0. The molecule has 0 spiro atoms. The maximum absolute atomic E-state index is 11.2.